The molecule has 0 N–H and O–H groups in total. The van der Waals surface area contributed by atoms with Gasteiger partial charge in [0, 0.05) is 28.8 Å². The molecule has 1 aromatic heterocycles. The number of alkyl halides is 3. The summed E-state index contributed by atoms with van der Waals surface area (Å²) in [6, 6.07) is 5.14. The molecule has 28 heavy (non-hydrogen) atoms. The summed E-state index contributed by atoms with van der Waals surface area (Å²) in [6.45, 7) is 1.60. The normalized spacial score (nSPS) is 20.2. The first-order valence-corrected chi connectivity index (χ1v) is 9.07. The Labute approximate surface area is 163 Å². The van der Waals surface area contributed by atoms with Crippen LogP contribution in [0.3, 0.4) is 0 Å². The fourth-order valence-corrected chi connectivity index (χ4v) is 3.81. The molecule has 2 aromatic rings. The number of nitro benzene ring substituents is 1. The Hall–Kier alpha value is -2.42. The first kappa shape index (κ1) is 20.3. The topological polar surface area (TPSA) is 78.0 Å². The Balaban J connectivity index is 2.08. The van der Waals surface area contributed by atoms with Gasteiger partial charge in [-0.25, -0.2) is 4.98 Å². The summed E-state index contributed by atoms with van der Waals surface area (Å²) in [7, 11) is 0. The minimum Gasteiger partial charge on any atom is -0.269 e. The van der Waals surface area contributed by atoms with Gasteiger partial charge in [-0.2, -0.15) is 13.2 Å². The van der Waals surface area contributed by atoms with E-state index in [2.05, 4.69) is 4.98 Å². The number of aromatic nitrogens is 2. The smallest absolute Gasteiger partial charge is 0.269 e. The van der Waals surface area contributed by atoms with E-state index in [0.717, 1.165) is 10.6 Å². The molecule has 0 amide bonds. The summed E-state index contributed by atoms with van der Waals surface area (Å²) in [6.07, 6.45) is -4.00. The van der Waals surface area contributed by atoms with Crippen molar-refractivity contribution in [2.45, 2.75) is 44.7 Å². The van der Waals surface area contributed by atoms with Crippen LogP contribution >= 0.6 is 11.6 Å². The molecule has 0 bridgehead atoms. The van der Waals surface area contributed by atoms with Crippen LogP contribution < -0.4 is 5.56 Å². The van der Waals surface area contributed by atoms with Gasteiger partial charge in [-0.1, -0.05) is 11.6 Å². The molecule has 0 radical (unpaired) electrons. The Bertz CT molecular complexity index is 967. The van der Waals surface area contributed by atoms with E-state index in [1.807, 2.05) is 0 Å². The van der Waals surface area contributed by atoms with Crippen molar-refractivity contribution in [3.63, 3.8) is 0 Å². The van der Waals surface area contributed by atoms with Crippen LogP contribution in [-0.4, -0.2) is 20.7 Å². The van der Waals surface area contributed by atoms with Gasteiger partial charge in [0.25, 0.3) is 11.2 Å². The fourth-order valence-electron chi connectivity index (χ4n) is 3.65. The van der Waals surface area contributed by atoms with Crippen LogP contribution in [0, 0.1) is 23.0 Å². The monoisotopic (exact) mass is 415 g/mol. The zero-order valence-electron chi connectivity index (χ0n) is 14.9. The Morgan fingerprint density at radius 1 is 1.21 bits per heavy atom. The van der Waals surface area contributed by atoms with Crippen LogP contribution in [-0.2, 0) is 0 Å². The van der Waals surface area contributed by atoms with E-state index in [1.54, 1.807) is 6.92 Å². The highest BCUT2D eigenvalue weighted by Crippen LogP contribution is 2.43. The molecule has 1 fully saturated rings. The fraction of sp³-hybridized carbons (Fsp3) is 0.444. The number of hydrogen-bond donors (Lipinski definition) is 0. The van der Waals surface area contributed by atoms with Gasteiger partial charge in [0.05, 0.1) is 10.8 Å². The van der Waals surface area contributed by atoms with Gasteiger partial charge in [0.2, 0.25) is 0 Å². The SMILES string of the molecule is Cc1cc(=O)n(-c2ccc(Cl)cc2[N+](=O)[O-])c(C2CCC(C(F)(F)F)CC2)n1. The zero-order chi connectivity index (χ0) is 20.6. The maximum Gasteiger partial charge on any atom is 0.391 e. The molecule has 0 unspecified atom stereocenters. The van der Waals surface area contributed by atoms with Crippen molar-refractivity contribution in [2.75, 3.05) is 0 Å². The predicted molar refractivity (Wildman–Crippen MR) is 97.0 cm³/mol. The van der Waals surface area contributed by atoms with Crippen LogP contribution in [0.2, 0.25) is 5.02 Å². The molecule has 1 aliphatic carbocycles. The van der Waals surface area contributed by atoms with E-state index in [4.69, 9.17) is 11.6 Å². The number of benzene rings is 1. The summed E-state index contributed by atoms with van der Waals surface area (Å²) >= 11 is 5.85. The summed E-state index contributed by atoms with van der Waals surface area (Å²) in [5.41, 5.74) is -0.484. The van der Waals surface area contributed by atoms with Crippen LogP contribution in [0.5, 0.6) is 0 Å². The minimum absolute atomic E-state index is 0.000144. The van der Waals surface area contributed by atoms with Crippen molar-refractivity contribution in [3.8, 4) is 5.69 Å². The predicted octanol–water partition coefficient (Wildman–Crippen LogP) is 4.94. The molecule has 0 spiro atoms. The number of nitro groups is 1. The molecule has 1 saturated carbocycles. The maximum absolute atomic E-state index is 13.0. The third-order valence-corrected chi connectivity index (χ3v) is 5.24. The average Bonchev–Trinajstić information content (AvgIpc) is 2.61. The molecule has 0 aliphatic heterocycles. The van der Waals surface area contributed by atoms with Crippen molar-refractivity contribution in [1.82, 2.24) is 9.55 Å². The van der Waals surface area contributed by atoms with E-state index < -0.39 is 28.5 Å². The summed E-state index contributed by atoms with van der Waals surface area (Å²) in [5, 5.41) is 11.6. The lowest BCUT2D eigenvalue weighted by Crippen LogP contribution is -2.31. The lowest BCUT2D eigenvalue weighted by atomic mass is 9.81. The number of halogens is 4. The van der Waals surface area contributed by atoms with Gasteiger partial charge in [0.15, 0.2) is 0 Å². The van der Waals surface area contributed by atoms with Crippen molar-refractivity contribution < 1.29 is 18.1 Å². The number of aryl methyl sites for hydroxylation is 1. The first-order valence-electron chi connectivity index (χ1n) is 8.69. The Morgan fingerprint density at radius 2 is 1.86 bits per heavy atom. The van der Waals surface area contributed by atoms with Crippen molar-refractivity contribution in [1.29, 1.82) is 0 Å². The lowest BCUT2D eigenvalue weighted by Gasteiger charge is -2.30. The third-order valence-electron chi connectivity index (χ3n) is 5.00. The average molecular weight is 416 g/mol. The Morgan fingerprint density at radius 3 is 2.43 bits per heavy atom. The van der Waals surface area contributed by atoms with Crippen molar-refractivity contribution >= 4 is 17.3 Å². The van der Waals surface area contributed by atoms with E-state index in [1.165, 1.54) is 18.2 Å². The van der Waals surface area contributed by atoms with Gasteiger partial charge < -0.3 is 0 Å². The second-order valence-electron chi connectivity index (χ2n) is 6.91. The van der Waals surface area contributed by atoms with Crippen LogP contribution in [0.1, 0.15) is 43.1 Å². The van der Waals surface area contributed by atoms with E-state index in [-0.39, 0.29) is 47.9 Å². The van der Waals surface area contributed by atoms with Gasteiger partial charge in [-0.3, -0.25) is 19.5 Å². The van der Waals surface area contributed by atoms with Gasteiger partial charge in [-0.05, 0) is 44.7 Å². The highest BCUT2D eigenvalue weighted by molar-refractivity contribution is 6.30. The highest BCUT2D eigenvalue weighted by atomic mass is 35.5. The van der Waals surface area contributed by atoms with E-state index in [0.29, 0.717) is 5.69 Å². The molecule has 1 heterocycles. The molecular weight excluding hydrogens is 399 g/mol. The number of nitrogens with zero attached hydrogens (tertiary/aromatic N) is 3. The van der Waals surface area contributed by atoms with Crippen molar-refractivity contribution in [2.24, 2.45) is 5.92 Å². The lowest BCUT2D eigenvalue weighted by molar-refractivity contribution is -0.384. The third kappa shape index (κ3) is 4.04. The molecule has 10 heteroatoms. The molecule has 6 nitrogen and oxygen atoms in total. The van der Waals surface area contributed by atoms with E-state index >= 15 is 0 Å². The van der Waals surface area contributed by atoms with E-state index in [9.17, 15) is 28.1 Å². The standard InChI is InChI=1S/C18H17ClF3N3O3/c1-10-8-16(26)24(14-7-6-13(19)9-15(14)25(27)28)17(23-10)11-2-4-12(5-3-11)18(20,21)22/h6-9,11-12H,2-5H2,1H3. The van der Waals surface area contributed by atoms with Gasteiger partial charge in [0.1, 0.15) is 11.5 Å². The maximum atomic E-state index is 13.0. The van der Waals surface area contributed by atoms with Gasteiger partial charge >= 0.3 is 6.18 Å². The molecule has 0 atom stereocenters. The minimum atomic E-state index is -4.25. The van der Waals surface area contributed by atoms with Crippen molar-refractivity contribution in [3.05, 3.63) is 61.3 Å². The van der Waals surface area contributed by atoms with Gasteiger partial charge in [-0.15, -0.1) is 0 Å². The number of rotatable bonds is 3. The summed E-state index contributed by atoms with van der Waals surface area (Å²) < 4.78 is 40.0. The summed E-state index contributed by atoms with van der Waals surface area (Å²) in [4.78, 5) is 27.8. The number of hydrogen-bond acceptors (Lipinski definition) is 4. The molecular formula is C18H17ClF3N3O3. The van der Waals surface area contributed by atoms with Crippen LogP contribution in [0.25, 0.3) is 5.69 Å². The second-order valence-corrected chi connectivity index (χ2v) is 7.35. The molecule has 1 aromatic carbocycles. The highest BCUT2D eigenvalue weighted by Gasteiger charge is 2.42. The van der Waals surface area contributed by atoms with Crippen LogP contribution in [0.15, 0.2) is 29.1 Å². The van der Waals surface area contributed by atoms with Crippen LogP contribution in [0.4, 0.5) is 18.9 Å². The molecule has 1 aliphatic rings. The quantitative estimate of drug-likeness (QED) is 0.525. The molecule has 3 rings (SSSR count). The first-order chi connectivity index (χ1) is 13.1. The Kier molecular flexibility index (Phi) is 5.47. The summed E-state index contributed by atoms with van der Waals surface area (Å²) in [5.74, 6) is -1.53. The second kappa shape index (κ2) is 7.54. The zero-order valence-corrected chi connectivity index (χ0v) is 15.6. The largest absolute Gasteiger partial charge is 0.391 e. The molecule has 150 valence electrons. The molecule has 0 saturated heterocycles.